The van der Waals surface area contributed by atoms with Crippen molar-refractivity contribution in [2.24, 2.45) is 4.99 Å². The maximum Gasteiger partial charge on any atom is 0.0623 e. The van der Waals surface area contributed by atoms with Crippen LogP contribution in [0.15, 0.2) is 4.99 Å². The number of methoxy groups -OCH3 is 1. The minimum absolute atomic E-state index is 0.00805. The van der Waals surface area contributed by atoms with E-state index < -0.39 is 0 Å². The van der Waals surface area contributed by atoms with Gasteiger partial charge in [0.15, 0.2) is 0 Å². The summed E-state index contributed by atoms with van der Waals surface area (Å²) in [6, 6.07) is 0. The van der Waals surface area contributed by atoms with Gasteiger partial charge >= 0.3 is 0 Å². The van der Waals surface area contributed by atoms with Gasteiger partial charge in [0.05, 0.1) is 5.60 Å². The van der Waals surface area contributed by atoms with Gasteiger partial charge in [0.2, 0.25) is 0 Å². The van der Waals surface area contributed by atoms with E-state index in [1.54, 1.807) is 7.11 Å². The molecule has 0 amide bonds. The standard InChI is InChI=1S/C12H25NO/c1-6-11(7-2)13-10-8-9-12(3,4)14-5/h6-10H2,1-5H3. The molecule has 0 aromatic rings. The van der Waals surface area contributed by atoms with Crippen molar-refractivity contribution >= 4 is 5.71 Å². The van der Waals surface area contributed by atoms with E-state index in [0.29, 0.717) is 0 Å². The zero-order valence-corrected chi connectivity index (χ0v) is 10.4. The summed E-state index contributed by atoms with van der Waals surface area (Å²) in [5, 5.41) is 0. The van der Waals surface area contributed by atoms with Gasteiger partial charge in [-0.15, -0.1) is 0 Å². The van der Waals surface area contributed by atoms with E-state index in [2.05, 4.69) is 32.7 Å². The summed E-state index contributed by atoms with van der Waals surface area (Å²) in [5.41, 5.74) is 1.34. The highest BCUT2D eigenvalue weighted by Gasteiger charge is 2.14. The second-order valence-electron chi connectivity index (χ2n) is 4.22. The molecule has 84 valence electrons. The Labute approximate surface area is 88.8 Å². The normalized spacial score (nSPS) is 11.5. The monoisotopic (exact) mass is 199 g/mol. The zero-order chi connectivity index (χ0) is 11.0. The average molecular weight is 199 g/mol. The van der Waals surface area contributed by atoms with Crippen LogP contribution in [0.2, 0.25) is 0 Å². The lowest BCUT2D eigenvalue weighted by Gasteiger charge is -2.22. The first-order chi connectivity index (χ1) is 6.55. The molecule has 14 heavy (non-hydrogen) atoms. The third kappa shape index (κ3) is 6.14. The molecule has 0 bridgehead atoms. The van der Waals surface area contributed by atoms with Crippen LogP contribution in [0, 0.1) is 0 Å². The molecule has 0 aromatic carbocycles. The second-order valence-corrected chi connectivity index (χ2v) is 4.22. The molecule has 0 radical (unpaired) electrons. The highest BCUT2D eigenvalue weighted by Crippen LogP contribution is 2.15. The molecule has 0 fully saturated rings. The zero-order valence-electron chi connectivity index (χ0n) is 10.4. The SMILES string of the molecule is CCC(CC)=NCCCC(C)(C)OC. The minimum Gasteiger partial charge on any atom is -0.379 e. The maximum atomic E-state index is 5.35. The third-order valence-electron chi connectivity index (χ3n) is 2.64. The van der Waals surface area contributed by atoms with E-state index >= 15 is 0 Å². The fourth-order valence-electron chi connectivity index (χ4n) is 1.32. The molecule has 0 aliphatic carbocycles. The fraction of sp³-hybridized carbons (Fsp3) is 0.917. The highest BCUT2D eigenvalue weighted by atomic mass is 16.5. The summed E-state index contributed by atoms with van der Waals surface area (Å²) in [6.07, 6.45) is 4.37. The van der Waals surface area contributed by atoms with Crippen molar-refractivity contribution < 1.29 is 4.74 Å². The van der Waals surface area contributed by atoms with Crippen molar-refractivity contribution in [3.8, 4) is 0 Å². The van der Waals surface area contributed by atoms with Gasteiger partial charge in [-0.2, -0.15) is 0 Å². The summed E-state index contributed by atoms with van der Waals surface area (Å²) < 4.78 is 5.35. The first-order valence-corrected chi connectivity index (χ1v) is 5.63. The van der Waals surface area contributed by atoms with E-state index in [9.17, 15) is 0 Å². The van der Waals surface area contributed by atoms with Crippen LogP contribution in [-0.4, -0.2) is 25.0 Å². The summed E-state index contributed by atoms with van der Waals surface area (Å²) in [4.78, 5) is 4.56. The molecule has 2 heteroatoms. The van der Waals surface area contributed by atoms with Crippen molar-refractivity contribution in [3.63, 3.8) is 0 Å². The highest BCUT2D eigenvalue weighted by molar-refractivity contribution is 5.83. The van der Waals surface area contributed by atoms with Crippen LogP contribution in [0.25, 0.3) is 0 Å². The number of aliphatic imine (C=N–C) groups is 1. The van der Waals surface area contributed by atoms with Gasteiger partial charge in [-0.1, -0.05) is 13.8 Å². The van der Waals surface area contributed by atoms with Crippen LogP contribution in [0.5, 0.6) is 0 Å². The van der Waals surface area contributed by atoms with Gasteiger partial charge in [-0.25, -0.2) is 0 Å². The quantitative estimate of drug-likeness (QED) is 0.454. The largest absolute Gasteiger partial charge is 0.379 e. The van der Waals surface area contributed by atoms with Crippen molar-refractivity contribution in [2.75, 3.05) is 13.7 Å². The lowest BCUT2D eigenvalue weighted by Crippen LogP contribution is -2.22. The Morgan fingerprint density at radius 2 is 1.79 bits per heavy atom. The Morgan fingerprint density at radius 1 is 1.21 bits per heavy atom. The van der Waals surface area contributed by atoms with Gasteiger partial charge in [0.25, 0.3) is 0 Å². The van der Waals surface area contributed by atoms with Gasteiger partial charge in [0.1, 0.15) is 0 Å². The molecular formula is C12H25NO. The lowest BCUT2D eigenvalue weighted by atomic mass is 10.0. The van der Waals surface area contributed by atoms with Gasteiger partial charge in [-0.3, -0.25) is 4.99 Å². The van der Waals surface area contributed by atoms with Crippen molar-refractivity contribution in [1.29, 1.82) is 0 Å². The molecule has 0 spiro atoms. The molecule has 0 saturated carbocycles. The smallest absolute Gasteiger partial charge is 0.0623 e. The fourth-order valence-corrected chi connectivity index (χ4v) is 1.32. The Hall–Kier alpha value is -0.370. The summed E-state index contributed by atoms with van der Waals surface area (Å²) in [6.45, 7) is 9.53. The van der Waals surface area contributed by atoms with E-state index in [4.69, 9.17) is 4.74 Å². The molecule has 0 aliphatic heterocycles. The summed E-state index contributed by atoms with van der Waals surface area (Å²) in [7, 11) is 1.77. The Balaban J connectivity index is 3.69. The van der Waals surface area contributed by atoms with Crippen LogP contribution in [0.4, 0.5) is 0 Å². The van der Waals surface area contributed by atoms with Crippen LogP contribution >= 0.6 is 0 Å². The summed E-state index contributed by atoms with van der Waals surface area (Å²) in [5.74, 6) is 0. The molecule has 2 nitrogen and oxygen atoms in total. The first kappa shape index (κ1) is 13.6. The van der Waals surface area contributed by atoms with E-state index in [-0.39, 0.29) is 5.60 Å². The van der Waals surface area contributed by atoms with Crippen LogP contribution < -0.4 is 0 Å². The number of nitrogens with zero attached hydrogens (tertiary/aromatic N) is 1. The second kappa shape index (κ2) is 6.99. The Kier molecular flexibility index (Phi) is 6.81. The topological polar surface area (TPSA) is 21.6 Å². The number of hydrogen-bond donors (Lipinski definition) is 0. The first-order valence-electron chi connectivity index (χ1n) is 5.63. The molecule has 0 aromatic heterocycles. The van der Waals surface area contributed by atoms with E-state index in [1.807, 2.05) is 0 Å². The number of rotatable bonds is 7. The Bertz CT molecular complexity index is 167. The molecule has 0 saturated heterocycles. The predicted molar refractivity (Wildman–Crippen MR) is 63.2 cm³/mol. The van der Waals surface area contributed by atoms with Crippen LogP contribution in [0.1, 0.15) is 53.4 Å². The van der Waals surface area contributed by atoms with E-state index in [0.717, 1.165) is 32.2 Å². The minimum atomic E-state index is 0.00805. The van der Waals surface area contributed by atoms with Crippen LogP contribution in [0.3, 0.4) is 0 Å². The predicted octanol–water partition coefficient (Wildman–Crippen LogP) is 3.45. The molecule has 0 N–H and O–H groups in total. The average Bonchev–Trinajstić information content (AvgIpc) is 2.18. The van der Waals surface area contributed by atoms with Gasteiger partial charge in [-0.05, 0) is 39.5 Å². The molecular weight excluding hydrogens is 174 g/mol. The molecule has 0 unspecified atom stereocenters. The molecule has 0 rings (SSSR count). The van der Waals surface area contributed by atoms with E-state index in [1.165, 1.54) is 5.71 Å². The third-order valence-corrected chi connectivity index (χ3v) is 2.64. The molecule has 0 aliphatic rings. The Morgan fingerprint density at radius 3 is 2.21 bits per heavy atom. The molecule has 0 atom stereocenters. The number of hydrogen-bond acceptors (Lipinski definition) is 2. The molecule has 0 heterocycles. The maximum absolute atomic E-state index is 5.35. The van der Waals surface area contributed by atoms with Gasteiger partial charge in [0, 0.05) is 19.4 Å². The number of ether oxygens (including phenoxy) is 1. The lowest BCUT2D eigenvalue weighted by molar-refractivity contribution is 0.0144. The summed E-state index contributed by atoms with van der Waals surface area (Å²) >= 11 is 0. The van der Waals surface area contributed by atoms with Gasteiger partial charge < -0.3 is 4.74 Å². The van der Waals surface area contributed by atoms with Crippen LogP contribution in [-0.2, 0) is 4.74 Å². The van der Waals surface area contributed by atoms with Crippen molar-refractivity contribution in [3.05, 3.63) is 0 Å². The van der Waals surface area contributed by atoms with Crippen molar-refractivity contribution in [2.45, 2.75) is 59.0 Å². The van der Waals surface area contributed by atoms with Crippen molar-refractivity contribution in [1.82, 2.24) is 0 Å².